The van der Waals surface area contributed by atoms with Crippen molar-refractivity contribution in [3.05, 3.63) is 71.8 Å². The molecule has 0 bridgehead atoms. The fraction of sp³-hybridized carbons (Fsp3) is 0.125. The third-order valence-corrected chi connectivity index (χ3v) is 2.36. The molecular weight excluding hydrogens is 423 g/mol. The molecular formula is C16H18Cl2O2Te. The van der Waals surface area contributed by atoms with E-state index >= 15 is 0 Å². The molecule has 2 nitrogen and oxygen atoms in total. The van der Waals surface area contributed by atoms with E-state index in [2.05, 4.69) is 0 Å². The Hall–Kier alpha value is -0.850. The molecule has 0 atom stereocenters. The zero-order valence-corrected chi connectivity index (χ0v) is 15.8. The molecule has 0 unspecified atom stereocenters. The molecule has 0 aliphatic carbocycles. The van der Waals surface area contributed by atoms with Crippen LogP contribution in [-0.4, -0.2) is 35.2 Å². The van der Waals surface area contributed by atoms with Crippen LogP contribution in [0.2, 0.25) is 0 Å². The van der Waals surface area contributed by atoms with Gasteiger partial charge in [0.1, 0.15) is 0 Å². The van der Waals surface area contributed by atoms with Gasteiger partial charge in [0, 0.05) is 34.8 Å². The van der Waals surface area contributed by atoms with Crippen molar-refractivity contribution in [2.75, 3.05) is 0 Å². The van der Waals surface area contributed by atoms with E-state index in [1.54, 1.807) is 13.8 Å². The van der Waals surface area contributed by atoms with Crippen LogP contribution in [0.25, 0.3) is 0 Å². The van der Waals surface area contributed by atoms with Crippen LogP contribution >= 0.6 is 24.8 Å². The second-order valence-electron chi connectivity index (χ2n) is 3.84. The first kappa shape index (κ1) is 25.1. The number of carbonyl (C=O) groups is 2. The number of ketones is 2. The molecule has 0 fully saturated rings. The van der Waals surface area contributed by atoms with Crippen molar-refractivity contribution in [3.8, 4) is 0 Å². The minimum absolute atomic E-state index is 0. The van der Waals surface area contributed by atoms with E-state index in [0.717, 1.165) is 11.1 Å². The smallest absolute Gasteiger partial charge is 0.159 e. The molecule has 5 heteroatoms. The van der Waals surface area contributed by atoms with Crippen molar-refractivity contribution in [2.45, 2.75) is 13.8 Å². The number of Topliss-reactive ketones (excluding diaryl/α,β-unsaturated/α-hetero) is 2. The number of carbonyl (C=O) groups excluding carboxylic acids is 2. The summed E-state index contributed by atoms with van der Waals surface area (Å²) in [7, 11) is 0. The summed E-state index contributed by atoms with van der Waals surface area (Å²) < 4.78 is 0. The zero-order chi connectivity index (χ0) is 13.4. The predicted octanol–water partition coefficient (Wildman–Crippen LogP) is 4.24. The molecule has 0 aliphatic heterocycles. The quantitative estimate of drug-likeness (QED) is 0.517. The predicted molar refractivity (Wildman–Crippen MR) is 93.1 cm³/mol. The molecule has 0 saturated carbocycles. The summed E-state index contributed by atoms with van der Waals surface area (Å²) in [5, 5.41) is 0. The molecule has 0 heterocycles. The maximum Gasteiger partial charge on any atom is 0.159 e. The monoisotopic (exact) mass is 442 g/mol. The van der Waals surface area contributed by atoms with Crippen molar-refractivity contribution in [1.29, 1.82) is 0 Å². The van der Waals surface area contributed by atoms with Crippen LogP contribution in [0.15, 0.2) is 60.7 Å². The third-order valence-electron chi connectivity index (χ3n) is 2.36. The normalized spacial score (nSPS) is 7.71. The maximum atomic E-state index is 10.6. The molecule has 0 aliphatic rings. The first-order chi connectivity index (χ1) is 8.61. The molecule has 21 heavy (non-hydrogen) atoms. The summed E-state index contributed by atoms with van der Waals surface area (Å²) in [5.41, 5.74) is 1.55. The fourth-order valence-electron chi connectivity index (χ4n) is 1.35. The van der Waals surface area contributed by atoms with Crippen LogP contribution < -0.4 is 0 Å². The minimum Gasteiger partial charge on any atom is -0.295 e. The average molecular weight is 441 g/mol. The topological polar surface area (TPSA) is 34.1 Å². The Morgan fingerprint density at radius 2 is 0.857 bits per heavy atom. The van der Waals surface area contributed by atoms with Gasteiger partial charge in [-0.15, -0.1) is 24.8 Å². The maximum absolute atomic E-state index is 10.6. The van der Waals surface area contributed by atoms with Crippen molar-refractivity contribution in [2.24, 2.45) is 0 Å². The molecule has 0 N–H and O–H groups in total. The van der Waals surface area contributed by atoms with Gasteiger partial charge in [0.25, 0.3) is 0 Å². The van der Waals surface area contributed by atoms with Crippen LogP contribution in [0.1, 0.15) is 34.6 Å². The van der Waals surface area contributed by atoms with E-state index in [0.29, 0.717) is 0 Å². The zero-order valence-electron chi connectivity index (χ0n) is 11.8. The molecule has 0 amide bonds. The van der Waals surface area contributed by atoms with Crippen LogP contribution in [0, 0.1) is 0 Å². The van der Waals surface area contributed by atoms with Crippen LogP contribution in [-0.2, 0) is 0 Å². The summed E-state index contributed by atoms with van der Waals surface area (Å²) >= 11 is 0. The van der Waals surface area contributed by atoms with Gasteiger partial charge in [-0.05, 0) is 13.8 Å². The van der Waals surface area contributed by atoms with E-state index in [9.17, 15) is 9.59 Å². The fourth-order valence-corrected chi connectivity index (χ4v) is 1.35. The van der Waals surface area contributed by atoms with Crippen molar-refractivity contribution >= 4 is 60.0 Å². The summed E-state index contributed by atoms with van der Waals surface area (Å²) in [6.45, 7) is 3.13. The first-order valence-corrected chi connectivity index (χ1v) is 5.73. The minimum atomic E-state index is 0. The van der Waals surface area contributed by atoms with Gasteiger partial charge in [-0.3, -0.25) is 9.59 Å². The molecule has 0 spiro atoms. The molecule has 2 radical (unpaired) electrons. The van der Waals surface area contributed by atoms with E-state index < -0.39 is 0 Å². The summed E-state index contributed by atoms with van der Waals surface area (Å²) in [5.74, 6) is 0.242. The summed E-state index contributed by atoms with van der Waals surface area (Å²) in [4.78, 5) is 21.3. The molecule has 2 aromatic carbocycles. The number of hydrogen-bond acceptors (Lipinski definition) is 2. The third kappa shape index (κ3) is 10.5. The van der Waals surface area contributed by atoms with Crippen molar-refractivity contribution in [3.63, 3.8) is 0 Å². The number of halogens is 2. The van der Waals surface area contributed by atoms with Gasteiger partial charge in [0.2, 0.25) is 0 Å². The van der Waals surface area contributed by atoms with E-state index in [1.807, 2.05) is 60.7 Å². The number of rotatable bonds is 2. The Bertz CT molecular complexity index is 467. The van der Waals surface area contributed by atoms with Crippen LogP contribution in [0.3, 0.4) is 0 Å². The van der Waals surface area contributed by atoms with Gasteiger partial charge < -0.3 is 0 Å². The molecule has 0 saturated heterocycles. The Morgan fingerprint density at radius 1 is 0.619 bits per heavy atom. The second kappa shape index (κ2) is 14.1. The van der Waals surface area contributed by atoms with Gasteiger partial charge >= 0.3 is 0 Å². The second-order valence-corrected chi connectivity index (χ2v) is 3.84. The molecule has 114 valence electrons. The summed E-state index contributed by atoms with van der Waals surface area (Å²) in [6.07, 6.45) is 0. The standard InChI is InChI=1S/2C8H8O.2ClH.Te/c2*1-7(9)8-5-3-2-4-6-8;;;/h2*2-6H,1H3;2*1H;. The van der Waals surface area contributed by atoms with Crippen molar-refractivity contribution in [1.82, 2.24) is 0 Å². The largest absolute Gasteiger partial charge is 0.295 e. The van der Waals surface area contributed by atoms with E-state index in [4.69, 9.17) is 0 Å². The van der Waals surface area contributed by atoms with Gasteiger partial charge in [-0.2, -0.15) is 0 Å². The van der Waals surface area contributed by atoms with Gasteiger partial charge in [0.05, 0.1) is 0 Å². The number of hydrogen-bond donors (Lipinski definition) is 0. The van der Waals surface area contributed by atoms with Gasteiger partial charge in [-0.25, -0.2) is 0 Å². The van der Waals surface area contributed by atoms with Gasteiger partial charge in [-0.1, -0.05) is 60.7 Å². The van der Waals surface area contributed by atoms with Crippen LogP contribution in [0.4, 0.5) is 0 Å². The van der Waals surface area contributed by atoms with Crippen LogP contribution in [0.5, 0.6) is 0 Å². The Kier molecular flexibility index (Phi) is 16.9. The Labute approximate surface area is 154 Å². The molecule has 2 aromatic rings. The van der Waals surface area contributed by atoms with E-state index in [-0.39, 0.29) is 60.0 Å². The number of benzene rings is 2. The molecule has 2 rings (SSSR count). The SMILES string of the molecule is CC(=O)c1ccccc1.CC(=O)c1ccccc1.Cl.Cl.[Te]. The average Bonchev–Trinajstić information content (AvgIpc) is 2.41. The van der Waals surface area contributed by atoms with E-state index in [1.165, 1.54) is 0 Å². The molecule has 0 aromatic heterocycles. The van der Waals surface area contributed by atoms with Gasteiger partial charge in [0.15, 0.2) is 11.6 Å². The Morgan fingerprint density at radius 3 is 1.00 bits per heavy atom. The Balaban J connectivity index is -0.000000270. The van der Waals surface area contributed by atoms with Crippen molar-refractivity contribution < 1.29 is 9.59 Å². The first-order valence-electron chi connectivity index (χ1n) is 5.73. The summed E-state index contributed by atoms with van der Waals surface area (Å²) in [6, 6.07) is 18.5.